The third-order valence-corrected chi connectivity index (χ3v) is 3.32. The molecule has 0 radical (unpaired) electrons. The number of hydrogen-bond donors (Lipinski definition) is 0. The molecule has 2 saturated carbocycles. The first kappa shape index (κ1) is 8.73. The average molecular weight is 181 g/mol. The minimum Gasteiger partial charge on any atom is -0.349 e. The molecule has 0 N–H and O–H groups in total. The molecule has 0 aromatic heterocycles. The van der Waals surface area contributed by atoms with Crippen LogP contribution in [-0.4, -0.2) is 30.7 Å². The molecule has 0 aromatic carbocycles. The van der Waals surface area contributed by atoms with Gasteiger partial charge in [-0.15, -0.1) is 0 Å². The van der Waals surface area contributed by atoms with Crippen molar-refractivity contribution in [2.45, 2.75) is 19.3 Å². The first-order valence-electron chi connectivity index (χ1n) is 4.83. The molecule has 0 saturated heterocycles. The van der Waals surface area contributed by atoms with E-state index in [0.29, 0.717) is 11.7 Å². The quantitative estimate of drug-likeness (QED) is 0.597. The van der Waals surface area contributed by atoms with Crippen molar-refractivity contribution in [3.05, 3.63) is 0 Å². The van der Waals surface area contributed by atoms with Crippen LogP contribution in [-0.2, 0) is 9.59 Å². The second-order valence-electron chi connectivity index (χ2n) is 4.45. The van der Waals surface area contributed by atoms with E-state index in [1.54, 1.807) is 19.0 Å². The van der Waals surface area contributed by atoms with Crippen LogP contribution in [0.15, 0.2) is 0 Å². The standard InChI is InChI=1S/C10H15NO2/c1-11(2)10(13)8-4-6-3-7(8)9(12)5-6/h6-8H,3-5H2,1-2H3/t6-,7+,8-/m1/s1. The zero-order valence-electron chi connectivity index (χ0n) is 8.12. The van der Waals surface area contributed by atoms with Crippen LogP contribution >= 0.6 is 0 Å². The fourth-order valence-corrected chi connectivity index (χ4v) is 2.71. The molecule has 3 heteroatoms. The molecular weight excluding hydrogens is 166 g/mol. The van der Waals surface area contributed by atoms with Crippen molar-refractivity contribution in [2.24, 2.45) is 17.8 Å². The summed E-state index contributed by atoms with van der Waals surface area (Å²) in [5.41, 5.74) is 0. The molecule has 72 valence electrons. The Hall–Kier alpha value is -0.860. The number of Topliss-reactive ketones (excluding diaryl/α,β-unsaturated/α-hetero) is 1. The second-order valence-corrected chi connectivity index (χ2v) is 4.45. The third kappa shape index (κ3) is 1.26. The molecule has 2 rings (SSSR count). The Balaban J connectivity index is 2.11. The Bertz CT molecular complexity index is 260. The van der Waals surface area contributed by atoms with Gasteiger partial charge in [-0.05, 0) is 18.8 Å². The van der Waals surface area contributed by atoms with E-state index in [1.165, 1.54) is 0 Å². The number of ketones is 1. The van der Waals surface area contributed by atoms with E-state index in [4.69, 9.17) is 0 Å². The normalized spacial score (nSPS) is 36.8. The van der Waals surface area contributed by atoms with Gasteiger partial charge in [0.1, 0.15) is 5.78 Å². The Morgan fingerprint density at radius 3 is 2.54 bits per heavy atom. The van der Waals surface area contributed by atoms with Crippen molar-refractivity contribution >= 4 is 11.7 Å². The van der Waals surface area contributed by atoms with Gasteiger partial charge >= 0.3 is 0 Å². The number of hydrogen-bond acceptors (Lipinski definition) is 2. The zero-order valence-corrected chi connectivity index (χ0v) is 8.12. The molecule has 2 bridgehead atoms. The monoisotopic (exact) mass is 181 g/mol. The second kappa shape index (κ2) is 2.82. The van der Waals surface area contributed by atoms with Crippen molar-refractivity contribution in [3.63, 3.8) is 0 Å². The van der Waals surface area contributed by atoms with Crippen LogP contribution in [0.2, 0.25) is 0 Å². The lowest BCUT2D eigenvalue weighted by atomic mass is 9.87. The maximum absolute atomic E-state index is 11.7. The molecule has 2 aliphatic carbocycles. The molecule has 0 unspecified atom stereocenters. The molecule has 0 aromatic rings. The molecular formula is C10H15NO2. The molecule has 0 heterocycles. The Morgan fingerprint density at radius 1 is 1.38 bits per heavy atom. The van der Waals surface area contributed by atoms with Crippen LogP contribution < -0.4 is 0 Å². The van der Waals surface area contributed by atoms with Gasteiger partial charge in [0.2, 0.25) is 5.91 Å². The topological polar surface area (TPSA) is 37.4 Å². The third-order valence-electron chi connectivity index (χ3n) is 3.32. The predicted octanol–water partition coefficient (Wildman–Crippen LogP) is 0.690. The molecule has 3 nitrogen and oxygen atoms in total. The van der Waals surface area contributed by atoms with Gasteiger partial charge in [0.05, 0.1) is 0 Å². The predicted molar refractivity (Wildman–Crippen MR) is 48.0 cm³/mol. The number of fused-ring (bicyclic) bond motifs is 2. The summed E-state index contributed by atoms with van der Waals surface area (Å²) in [7, 11) is 3.53. The van der Waals surface area contributed by atoms with Crippen molar-refractivity contribution < 1.29 is 9.59 Å². The first-order chi connectivity index (χ1) is 6.09. The van der Waals surface area contributed by atoms with Crippen molar-refractivity contribution in [3.8, 4) is 0 Å². The largest absolute Gasteiger partial charge is 0.349 e. The maximum atomic E-state index is 11.7. The van der Waals surface area contributed by atoms with Crippen LogP contribution in [0.4, 0.5) is 0 Å². The smallest absolute Gasteiger partial charge is 0.225 e. The van der Waals surface area contributed by atoms with Crippen LogP contribution in [0, 0.1) is 17.8 Å². The summed E-state index contributed by atoms with van der Waals surface area (Å²) in [5, 5.41) is 0. The Morgan fingerprint density at radius 2 is 2.08 bits per heavy atom. The molecule has 3 atom stereocenters. The van der Waals surface area contributed by atoms with Gasteiger partial charge in [-0.25, -0.2) is 0 Å². The van der Waals surface area contributed by atoms with E-state index in [2.05, 4.69) is 0 Å². The van der Waals surface area contributed by atoms with Crippen LogP contribution in [0.3, 0.4) is 0 Å². The summed E-state index contributed by atoms with van der Waals surface area (Å²) in [4.78, 5) is 24.7. The van der Waals surface area contributed by atoms with Gasteiger partial charge in [0.15, 0.2) is 0 Å². The summed E-state index contributed by atoms with van der Waals surface area (Å²) in [6.07, 6.45) is 2.62. The minimum absolute atomic E-state index is 0.00116. The number of nitrogens with zero attached hydrogens (tertiary/aromatic N) is 1. The fourth-order valence-electron chi connectivity index (χ4n) is 2.71. The molecule has 2 aliphatic rings. The van der Waals surface area contributed by atoms with Crippen molar-refractivity contribution in [2.75, 3.05) is 14.1 Å². The highest BCUT2D eigenvalue weighted by atomic mass is 16.2. The number of rotatable bonds is 1. The Labute approximate surface area is 78.1 Å². The SMILES string of the molecule is CN(C)C(=O)[C@@H]1C[C@@H]2CC(=O)[C@H]1C2. The van der Waals surface area contributed by atoms with E-state index >= 15 is 0 Å². The van der Waals surface area contributed by atoms with Gasteiger partial charge in [-0.3, -0.25) is 9.59 Å². The molecule has 0 aliphatic heterocycles. The lowest BCUT2D eigenvalue weighted by Gasteiger charge is -2.23. The van der Waals surface area contributed by atoms with Gasteiger partial charge in [0, 0.05) is 32.4 Å². The van der Waals surface area contributed by atoms with E-state index in [0.717, 1.165) is 19.3 Å². The summed E-state index contributed by atoms with van der Waals surface area (Å²) >= 11 is 0. The van der Waals surface area contributed by atoms with Gasteiger partial charge in [-0.1, -0.05) is 0 Å². The van der Waals surface area contributed by atoms with Gasteiger partial charge < -0.3 is 4.90 Å². The first-order valence-corrected chi connectivity index (χ1v) is 4.83. The Kier molecular flexibility index (Phi) is 1.90. The van der Waals surface area contributed by atoms with E-state index < -0.39 is 0 Å². The number of amides is 1. The lowest BCUT2D eigenvalue weighted by molar-refractivity contribution is -0.138. The van der Waals surface area contributed by atoms with E-state index in [9.17, 15) is 9.59 Å². The summed E-state index contributed by atoms with van der Waals surface area (Å²) in [5.74, 6) is 1.02. The van der Waals surface area contributed by atoms with E-state index in [1.807, 2.05) is 0 Å². The fraction of sp³-hybridized carbons (Fsp3) is 0.800. The van der Waals surface area contributed by atoms with Crippen molar-refractivity contribution in [1.29, 1.82) is 0 Å². The number of carbonyl (C=O) groups is 2. The molecule has 13 heavy (non-hydrogen) atoms. The molecule has 0 spiro atoms. The van der Waals surface area contributed by atoms with Crippen LogP contribution in [0.5, 0.6) is 0 Å². The highest BCUT2D eigenvalue weighted by Crippen LogP contribution is 2.46. The minimum atomic E-state index is 0.00116. The zero-order chi connectivity index (χ0) is 9.59. The van der Waals surface area contributed by atoms with E-state index in [-0.39, 0.29) is 17.7 Å². The van der Waals surface area contributed by atoms with Crippen LogP contribution in [0.25, 0.3) is 0 Å². The highest BCUT2D eigenvalue weighted by Gasteiger charge is 2.48. The lowest BCUT2D eigenvalue weighted by Crippen LogP contribution is -2.35. The molecule has 2 fully saturated rings. The summed E-state index contributed by atoms with van der Waals surface area (Å²) in [6, 6.07) is 0. The number of carbonyl (C=O) groups excluding carboxylic acids is 2. The summed E-state index contributed by atoms with van der Waals surface area (Å²) in [6.45, 7) is 0. The summed E-state index contributed by atoms with van der Waals surface area (Å²) < 4.78 is 0. The molecule has 1 amide bonds. The maximum Gasteiger partial charge on any atom is 0.225 e. The van der Waals surface area contributed by atoms with Gasteiger partial charge in [0.25, 0.3) is 0 Å². The highest BCUT2D eigenvalue weighted by molar-refractivity contribution is 5.91. The van der Waals surface area contributed by atoms with Crippen molar-refractivity contribution in [1.82, 2.24) is 4.90 Å². The van der Waals surface area contributed by atoms with Gasteiger partial charge in [-0.2, -0.15) is 0 Å². The van der Waals surface area contributed by atoms with Crippen LogP contribution in [0.1, 0.15) is 19.3 Å². The average Bonchev–Trinajstić information content (AvgIpc) is 2.60.